The van der Waals surface area contributed by atoms with Crippen molar-refractivity contribution in [2.45, 2.75) is 45.1 Å². The van der Waals surface area contributed by atoms with Crippen LogP contribution in [0.15, 0.2) is 91.0 Å². The number of likely N-dealkylation sites (tertiary alicyclic amines) is 1. The third-order valence-corrected chi connectivity index (χ3v) is 10.1. The molecule has 0 atom stereocenters. The van der Waals surface area contributed by atoms with Gasteiger partial charge in [-0.2, -0.15) is 0 Å². The number of halogens is 3. The Bertz CT molecular complexity index is 1710. The van der Waals surface area contributed by atoms with Crippen molar-refractivity contribution in [2.75, 3.05) is 31.1 Å². The highest BCUT2D eigenvalue weighted by Gasteiger charge is 2.42. The molecular formula is C37H39ClF2N4O2S. The van der Waals surface area contributed by atoms with Crippen LogP contribution in [0.5, 0.6) is 0 Å². The van der Waals surface area contributed by atoms with Gasteiger partial charge in [-0.15, -0.1) is 23.7 Å². The monoisotopic (exact) mass is 676 g/mol. The maximum atomic E-state index is 15.8. The molecule has 1 N–H and O–H groups in total. The van der Waals surface area contributed by atoms with Crippen molar-refractivity contribution in [3.05, 3.63) is 113 Å². The maximum Gasteiger partial charge on any atom is 0.275 e. The highest BCUT2D eigenvalue weighted by atomic mass is 35.5. The maximum absolute atomic E-state index is 15.8. The lowest BCUT2D eigenvalue weighted by Crippen LogP contribution is -2.38. The summed E-state index contributed by atoms with van der Waals surface area (Å²) in [6.07, 6.45) is 3.22. The summed E-state index contributed by atoms with van der Waals surface area (Å²) in [4.78, 5) is 35.5. The van der Waals surface area contributed by atoms with Crippen LogP contribution in [0.4, 0.5) is 14.5 Å². The normalized spacial score (nSPS) is 17.1. The minimum Gasteiger partial charge on any atom is -0.339 e. The molecule has 0 spiro atoms. The quantitative estimate of drug-likeness (QED) is 0.152. The van der Waals surface area contributed by atoms with Gasteiger partial charge in [-0.1, -0.05) is 78.9 Å². The Kier molecular flexibility index (Phi) is 11.2. The largest absolute Gasteiger partial charge is 0.339 e. The molecule has 4 aromatic rings. The van der Waals surface area contributed by atoms with Crippen LogP contribution in [-0.4, -0.2) is 53.8 Å². The SMILES string of the molecule is Cc1nc(-c2ccccc2)sc1C(=O)N1CCC(F)(F)/C(=C\C(=O)N2CCC(CCNCc3ccccc3)CC2)c2ccccc21.Cl. The summed E-state index contributed by atoms with van der Waals surface area (Å²) >= 11 is 1.26. The minimum absolute atomic E-state index is 0. The van der Waals surface area contributed by atoms with E-state index in [2.05, 4.69) is 22.4 Å². The van der Waals surface area contributed by atoms with Crippen LogP contribution in [-0.2, 0) is 11.3 Å². The summed E-state index contributed by atoms with van der Waals surface area (Å²) in [5.74, 6) is -3.58. The molecule has 10 heteroatoms. The third kappa shape index (κ3) is 7.97. The Labute approximate surface area is 284 Å². The second-order valence-electron chi connectivity index (χ2n) is 12.0. The smallest absolute Gasteiger partial charge is 0.275 e. The van der Waals surface area contributed by atoms with Crippen LogP contribution < -0.4 is 10.2 Å². The second kappa shape index (κ2) is 15.3. The fourth-order valence-corrected chi connectivity index (χ4v) is 7.27. The van der Waals surface area contributed by atoms with Gasteiger partial charge in [0.05, 0.1) is 11.4 Å². The Morgan fingerprint density at radius 2 is 1.62 bits per heavy atom. The standard InChI is InChI=1S/C37H38F2N4O2S.ClH/c1-26-34(46-35(41-26)29-12-6-3-7-13-29)36(45)43-23-19-37(38,39)31(30-14-8-9-15-32(30)43)24-33(44)42-21-17-27(18-22-42)16-20-40-25-28-10-4-2-5-11-28;/h2-15,24,27,40H,16-23,25H2,1H3;1H/b31-24-;. The van der Waals surface area contributed by atoms with Gasteiger partial charge >= 0.3 is 0 Å². The zero-order chi connectivity index (χ0) is 32.1. The lowest BCUT2D eigenvalue weighted by atomic mass is 9.93. The van der Waals surface area contributed by atoms with Crippen molar-refractivity contribution in [2.24, 2.45) is 5.92 Å². The Morgan fingerprint density at radius 3 is 2.34 bits per heavy atom. The van der Waals surface area contributed by atoms with Gasteiger partial charge in [0.1, 0.15) is 9.88 Å². The number of alkyl halides is 2. The van der Waals surface area contributed by atoms with Crippen molar-refractivity contribution in [3.8, 4) is 10.6 Å². The first-order valence-corrected chi connectivity index (χ1v) is 16.7. The average molecular weight is 677 g/mol. The molecule has 0 bridgehead atoms. The van der Waals surface area contributed by atoms with Gasteiger partial charge in [-0.25, -0.2) is 13.8 Å². The highest BCUT2D eigenvalue weighted by molar-refractivity contribution is 7.17. The van der Waals surface area contributed by atoms with E-state index in [1.807, 2.05) is 48.5 Å². The molecule has 47 heavy (non-hydrogen) atoms. The van der Waals surface area contributed by atoms with Crippen molar-refractivity contribution in [3.63, 3.8) is 0 Å². The number of aromatic nitrogens is 1. The first-order chi connectivity index (χ1) is 22.3. The van der Waals surface area contributed by atoms with E-state index in [1.54, 1.807) is 36.1 Å². The number of amides is 2. The molecule has 3 aromatic carbocycles. The number of carbonyl (C=O) groups excluding carboxylic acids is 2. The van der Waals surface area contributed by atoms with Crippen molar-refractivity contribution in [1.29, 1.82) is 0 Å². The van der Waals surface area contributed by atoms with E-state index in [4.69, 9.17) is 0 Å². The van der Waals surface area contributed by atoms with E-state index < -0.39 is 18.3 Å². The Balaban J connectivity index is 0.00000433. The van der Waals surface area contributed by atoms with Crippen LogP contribution >= 0.6 is 23.7 Å². The van der Waals surface area contributed by atoms with Gasteiger partial charge in [-0.05, 0) is 50.3 Å². The zero-order valence-electron chi connectivity index (χ0n) is 26.3. The van der Waals surface area contributed by atoms with Crippen molar-refractivity contribution in [1.82, 2.24) is 15.2 Å². The van der Waals surface area contributed by atoms with Gasteiger partial charge in [0, 0.05) is 55.4 Å². The number of piperidine rings is 1. The fraction of sp³-hybridized carbons (Fsp3) is 0.324. The number of aryl methyl sites for hydroxylation is 1. The molecule has 1 aromatic heterocycles. The van der Waals surface area contributed by atoms with Crippen LogP contribution in [0.3, 0.4) is 0 Å². The van der Waals surface area contributed by atoms with Crippen LogP contribution in [0.25, 0.3) is 16.1 Å². The number of hydrogen-bond acceptors (Lipinski definition) is 5. The molecule has 2 amide bonds. The van der Waals surface area contributed by atoms with E-state index in [0.29, 0.717) is 40.3 Å². The molecule has 0 radical (unpaired) electrons. The summed E-state index contributed by atoms with van der Waals surface area (Å²) in [6, 6.07) is 26.5. The molecule has 246 valence electrons. The molecule has 0 saturated carbocycles. The number of nitrogens with zero attached hydrogens (tertiary/aromatic N) is 3. The van der Waals surface area contributed by atoms with Gasteiger partial charge in [0.2, 0.25) is 5.91 Å². The molecule has 1 saturated heterocycles. The van der Waals surface area contributed by atoms with E-state index in [9.17, 15) is 9.59 Å². The van der Waals surface area contributed by atoms with Gasteiger partial charge in [0.15, 0.2) is 0 Å². The molecule has 2 aliphatic rings. The van der Waals surface area contributed by atoms with Crippen LogP contribution in [0.2, 0.25) is 0 Å². The lowest BCUT2D eigenvalue weighted by molar-refractivity contribution is -0.127. The highest BCUT2D eigenvalue weighted by Crippen LogP contribution is 2.44. The predicted molar refractivity (Wildman–Crippen MR) is 187 cm³/mol. The molecule has 1 fully saturated rings. The van der Waals surface area contributed by atoms with Crippen molar-refractivity contribution >= 4 is 46.8 Å². The minimum atomic E-state index is -3.29. The summed E-state index contributed by atoms with van der Waals surface area (Å²) in [5, 5.41) is 4.19. The van der Waals surface area contributed by atoms with E-state index in [1.165, 1.54) is 21.8 Å². The fourth-order valence-electron chi connectivity index (χ4n) is 6.25. The summed E-state index contributed by atoms with van der Waals surface area (Å²) in [7, 11) is 0. The second-order valence-corrected chi connectivity index (χ2v) is 13.0. The summed E-state index contributed by atoms with van der Waals surface area (Å²) in [6.45, 7) is 4.38. The first kappa shape index (κ1) is 34.4. The number of benzene rings is 3. The van der Waals surface area contributed by atoms with E-state index in [0.717, 1.165) is 44.0 Å². The Morgan fingerprint density at radius 1 is 0.957 bits per heavy atom. The molecule has 0 aliphatic carbocycles. The number of para-hydroxylation sites is 1. The molecular weight excluding hydrogens is 638 g/mol. The number of anilines is 1. The molecule has 0 unspecified atom stereocenters. The number of fused-ring (bicyclic) bond motifs is 1. The average Bonchev–Trinajstić information content (AvgIpc) is 3.43. The van der Waals surface area contributed by atoms with Crippen molar-refractivity contribution < 1.29 is 18.4 Å². The molecule has 3 heterocycles. The topological polar surface area (TPSA) is 65.5 Å². The number of allylic oxidation sites excluding steroid dienone is 1. The number of rotatable bonds is 8. The first-order valence-electron chi connectivity index (χ1n) is 15.9. The molecule has 2 aliphatic heterocycles. The number of carbonyl (C=O) groups is 2. The number of hydrogen-bond donors (Lipinski definition) is 1. The molecule has 6 nitrogen and oxygen atoms in total. The zero-order valence-corrected chi connectivity index (χ0v) is 28.0. The summed E-state index contributed by atoms with van der Waals surface area (Å²) < 4.78 is 31.7. The van der Waals surface area contributed by atoms with Crippen LogP contribution in [0.1, 0.15) is 52.2 Å². The predicted octanol–water partition coefficient (Wildman–Crippen LogP) is 8.03. The van der Waals surface area contributed by atoms with Crippen LogP contribution in [0, 0.1) is 12.8 Å². The van der Waals surface area contributed by atoms with Gasteiger partial charge < -0.3 is 15.1 Å². The van der Waals surface area contributed by atoms with E-state index in [-0.39, 0.29) is 36.0 Å². The molecule has 6 rings (SSSR count). The lowest BCUT2D eigenvalue weighted by Gasteiger charge is -2.32. The summed E-state index contributed by atoms with van der Waals surface area (Å²) in [5.41, 5.74) is 2.95. The van der Waals surface area contributed by atoms with Gasteiger partial charge in [0.25, 0.3) is 11.8 Å². The number of nitrogens with one attached hydrogen (secondary N) is 1. The van der Waals surface area contributed by atoms with E-state index >= 15 is 8.78 Å². The van der Waals surface area contributed by atoms with Gasteiger partial charge in [-0.3, -0.25) is 9.59 Å². The number of thiazole rings is 1. The third-order valence-electron chi connectivity index (χ3n) is 8.88. The Hall–Kier alpha value is -3.92.